The van der Waals surface area contributed by atoms with Crippen LogP contribution in [0.4, 0.5) is 5.69 Å². The van der Waals surface area contributed by atoms with Crippen LogP contribution in [0.25, 0.3) is 6.08 Å². The van der Waals surface area contributed by atoms with Crippen LogP contribution in [0.3, 0.4) is 0 Å². The highest BCUT2D eigenvalue weighted by molar-refractivity contribution is 6.07. The van der Waals surface area contributed by atoms with Crippen LogP contribution in [0.2, 0.25) is 0 Å². The molecule has 0 aromatic heterocycles. The van der Waals surface area contributed by atoms with Crippen molar-refractivity contribution in [2.75, 3.05) is 0 Å². The molecule has 2 rings (SSSR count). The van der Waals surface area contributed by atoms with Gasteiger partial charge in [0.05, 0.1) is 4.92 Å². The lowest BCUT2D eigenvalue weighted by Gasteiger charge is -1.99. The van der Waals surface area contributed by atoms with Crippen LogP contribution in [0, 0.1) is 10.1 Å². The first-order chi connectivity index (χ1) is 8.08. The number of carbonyl (C=O) groups excluding carboxylic acids is 1. The Kier molecular flexibility index (Phi) is 2.87. The van der Waals surface area contributed by atoms with Gasteiger partial charge in [-0.2, -0.15) is 0 Å². The van der Waals surface area contributed by atoms with E-state index in [4.69, 9.17) is 0 Å². The zero-order chi connectivity index (χ0) is 12.4. The molecule has 0 saturated heterocycles. The summed E-state index contributed by atoms with van der Waals surface area (Å²) < 4.78 is 0. The SMILES string of the molecule is CC1=CCC(=O)C1=Cc1ccc([N+](=O)[O-])cc1. The van der Waals surface area contributed by atoms with Crippen molar-refractivity contribution < 1.29 is 9.72 Å². The van der Waals surface area contributed by atoms with Crippen LogP contribution in [0.5, 0.6) is 0 Å². The summed E-state index contributed by atoms with van der Waals surface area (Å²) in [6.07, 6.45) is 4.11. The normalized spacial score (nSPS) is 17.4. The average Bonchev–Trinajstić information content (AvgIpc) is 2.61. The van der Waals surface area contributed by atoms with Gasteiger partial charge in [-0.15, -0.1) is 0 Å². The Balaban J connectivity index is 2.30. The maximum Gasteiger partial charge on any atom is 0.269 e. The fraction of sp³-hybridized carbons (Fsp3) is 0.154. The van der Waals surface area contributed by atoms with Crippen molar-refractivity contribution in [3.05, 3.63) is 57.2 Å². The van der Waals surface area contributed by atoms with E-state index in [9.17, 15) is 14.9 Å². The predicted octanol–water partition coefficient (Wildman–Crippen LogP) is 2.90. The van der Waals surface area contributed by atoms with Crippen LogP contribution >= 0.6 is 0 Å². The Morgan fingerprint density at radius 1 is 1.29 bits per heavy atom. The van der Waals surface area contributed by atoms with E-state index in [-0.39, 0.29) is 11.5 Å². The molecule has 0 amide bonds. The van der Waals surface area contributed by atoms with Gasteiger partial charge >= 0.3 is 0 Å². The van der Waals surface area contributed by atoms with Gasteiger partial charge in [-0.3, -0.25) is 14.9 Å². The van der Waals surface area contributed by atoms with Crippen LogP contribution in [0.1, 0.15) is 18.9 Å². The van der Waals surface area contributed by atoms with Crippen LogP contribution < -0.4 is 0 Å². The summed E-state index contributed by atoms with van der Waals surface area (Å²) in [6, 6.07) is 6.16. The summed E-state index contributed by atoms with van der Waals surface area (Å²) in [6.45, 7) is 1.89. The van der Waals surface area contributed by atoms with E-state index in [1.807, 2.05) is 13.0 Å². The summed E-state index contributed by atoms with van der Waals surface area (Å²) in [5.41, 5.74) is 2.51. The summed E-state index contributed by atoms with van der Waals surface area (Å²) in [5.74, 6) is 0.0980. The van der Waals surface area contributed by atoms with Gasteiger partial charge in [0.2, 0.25) is 0 Å². The van der Waals surface area contributed by atoms with Gasteiger partial charge in [-0.05, 0) is 36.3 Å². The maximum absolute atomic E-state index is 11.5. The van der Waals surface area contributed by atoms with Crippen molar-refractivity contribution in [3.8, 4) is 0 Å². The number of carbonyl (C=O) groups is 1. The first-order valence-corrected chi connectivity index (χ1v) is 5.24. The molecular weight excluding hydrogens is 218 g/mol. The highest BCUT2D eigenvalue weighted by Gasteiger charge is 2.16. The predicted molar refractivity (Wildman–Crippen MR) is 64.5 cm³/mol. The lowest BCUT2D eigenvalue weighted by molar-refractivity contribution is -0.384. The third-order valence-corrected chi connectivity index (χ3v) is 2.73. The second-order valence-electron chi connectivity index (χ2n) is 3.92. The number of allylic oxidation sites excluding steroid dienone is 3. The highest BCUT2D eigenvalue weighted by Crippen LogP contribution is 2.24. The molecule has 1 aliphatic rings. The van der Waals surface area contributed by atoms with Crippen molar-refractivity contribution >= 4 is 17.5 Å². The number of benzene rings is 1. The number of nitro groups is 1. The minimum atomic E-state index is -0.442. The number of ketones is 1. The molecule has 1 aliphatic carbocycles. The molecule has 0 N–H and O–H groups in total. The van der Waals surface area contributed by atoms with Crippen molar-refractivity contribution in [3.63, 3.8) is 0 Å². The third-order valence-electron chi connectivity index (χ3n) is 2.73. The smallest absolute Gasteiger partial charge is 0.269 e. The van der Waals surface area contributed by atoms with Gasteiger partial charge in [0, 0.05) is 24.1 Å². The number of hydrogen-bond acceptors (Lipinski definition) is 3. The molecule has 0 atom stereocenters. The Labute approximate surface area is 98.4 Å². The fourth-order valence-electron chi connectivity index (χ4n) is 1.74. The molecule has 17 heavy (non-hydrogen) atoms. The molecule has 1 aromatic carbocycles. The lowest BCUT2D eigenvalue weighted by atomic mass is 10.1. The Hall–Kier alpha value is -2.23. The number of rotatable bonds is 2. The number of non-ortho nitro benzene ring substituents is 1. The van der Waals surface area contributed by atoms with Gasteiger partial charge in [-0.1, -0.05) is 6.08 Å². The van der Waals surface area contributed by atoms with E-state index >= 15 is 0 Å². The summed E-state index contributed by atoms with van der Waals surface area (Å²) in [7, 11) is 0. The molecule has 0 fully saturated rings. The van der Waals surface area contributed by atoms with E-state index in [1.54, 1.807) is 18.2 Å². The largest absolute Gasteiger partial charge is 0.294 e. The van der Waals surface area contributed by atoms with Gasteiger partial charge in [0.25, 0.3) is 5.69 Å². The molecule has 0 saturated carbocycles. The minimum absolute atomic E-state index is 0.0529. The lowest BCUT2D eigenvalue weighted by Crippen LogP contribution is -1.94. The van der Waals surface area contributed by atoms with E-state index in [0.717, 1.165) is 11.1 Å². The zero-order valence-corrected chi connectivity index (χ0v) is 9.34. The fourth-order valence-corrected chi connectivity index (χ4v) is 1.74. The molecule has 0 unspecified atom stereocenters. The monoisotopic (exact) mass is 229 g/mol. The topological polar surface area (TPSA) is 60.2 Å². The minimum Gasteiger partial charge on any atom is -0.294 e. The van der Waals surface area contributed by atoms with E-state index in [0.29, 0.717) is 12.0 Å². The Bertz CT molecular complexity index is 538. The van der Waals surface area contributed by atoms with E-state index in [1.165, 1.54) is 12.1 Å². The van der Waals surface area contributed by atoms with Gasteiger partial charge in [0.1, 0.15) is 0 Å². The van der Waals surface area contributed by atoms with E-state index < -0.39 is 4.92 Å². The second-order valence-corrected chi connectivity index (χ2v) is 3.92. The highest BCUT2D eigenvalue weighted by atomic mass is 16.6. The molecule has 0 spiro atoms. The van der Waals surface area contributed by atoms with Crippen molar-refractivity contribution in [1.82, 2.24) is 0 Å². The number of Topliss-reactive ketones (excluding diaryl/α,β-unsaturated/α-hetero) is 1. The van der Waals surface area contributed by atoms with Crippen LogP contribution in [-0.4, -0.2) is 10.7 Å². The third kappa shape index (κ3) is 2.30. The molecule has 0 aliphatic heterocycles. The quantitative estimate of drug-likeness (QED) is 0.445. The molecule has 4 heteroatoms. The van der Waals surface area contributed by atoms with Crippen LogP contribution in [0.15, 0.2) is 41.5 Å². The Morgan fingerprint density at radius 2 is 1.94 bits per heavy atom. The number of hydrogen-bond donors (Lipinski definition) is 0. The summed E-state index contributed by atoms with van der Waals surface area (Å²) >= 11 is 0. The maximum atomic E-state index is 11.5. The zero-order valence-electron chi connectivity index (χ0n) is 9.34. The second kappa shape index (κ2) is 4.33. The van der Waals surface area contributed by atoms with Crippen LogP contribution in [-0.2, 0) is 4.79 Å². The number of nitro benzene ring substituents is 1. The summed E-state index contributed by atoms with van der Waals surface area (Å²) in [4.78, 5) is 21.6. The van der Waals surface area contributed by atoms with Crippen molar-refractivity contribution in [2.45, 2.75) is 13.3 Å². The Morgan fingerprint density at radius 3 is 2.41 bits per heavy atom. The van der Waals surface area contributed by atoms with Crippen molar-refractivity contribution in [2.24, 2.45) is 0 Å². The van der Waals surface area contributed by atoms with Crippen molar-refractivity contribution in [1.29, 1.82) is 0 Å². The van der Waals surface area contributed by atoms with Gasteiger partial charge < -0.3 is 0 Å². The average molecular weight is 229 g/mol. The molecule has 1 aromatic rings. The molecular formula is C13H11NO3. The molecule has 0 radical (unpaired) electrons. The van der Waals surface area contributed by atoms with Gasteiger partial charge in [0.15, 0.2) is 5.78 Å². The summed E-state index contributed by atoms with van der Waals surface area (Å²) in [5, 5.41) is 10.5. The van der Waals surface area contributed by atoms with E-state index in [2.05, 4.69) is 0 Å². The molecule has 0 heterocycles. The van der Waals surface area contributed by atoms with Gasteiger partial charge in [-0.25, -0.2) is 0 Å². The molecule has 4 nitrogen and oxygen atoms in total. The standard InChI is InChI=1S/C13H11NO3/c1-9-2-7-13(15)12(9)8-10-3-5-11(6-4-10)14(16)17/h2-6,8H,7H2,1H3. The molecule has 86 valence electrons. The first-order valence-electron chi connectivity index (χ1n) is 5.24. The number of nitrogens with zero attached hydrogens (tertiary/aromatic N) is 1. The molecule has 0 bridgehead atoms. The first kappa shape index (κ1) is 11.3.